The van der Waals surface area contributed by atoms with Gasteiger partial charge in [-0.3, -0.25) is 0 Å². The third-order valence-corrected chi connectivity index (χ3v) is 5.18. The van der Waals surface area contributed by atoms with Crippen molar-refractivity contribution in [3.8, 4) is 0 Å². The summed E-state index contributed by atoms with van der Waals surface area (Å²) in [5.41, 5.74) is 0.663. The highest BCUT2D eigenvalue weighted by atomic mass is 19.4. The Morgan fingerprint density at radius 3 is 2.43 bits per heavy atom. The van der Waals surface area contributed by atoms with Crippen LogP contribution in [0.25, 0.3) is 0 Å². The number of nitrogens with one attached hydrogen (secondary N) is 2. The van der Waals surface area contributed by atoms with Gasteiger partial charge in [0.2, 0.25) is 0 Å². The molecule has 1 saturated heterocycles. The van der Waals surface area contributed by atoms with E-state index in [9.17, 15) is 22.0 Å². The second-order valence-electron chi connectivity index (χ2n) is 7.21. The highest BCUT2D eigenvalue weighted by Crippen LogP contribution is 2.32. The number of piperidine rings is 1. The molecule has 2 aromatic carbocycles. The zero-order valence-corrected chi connectivity index (χ0v) is 15.3. The molecule has 1 aliphatic rings. The number of hydrogen-bond donors (Lipinski definition) is 2. The van der Waals surface area contributed by atoms with E-state index in [2.05, 4.69) is 10.6 Å². The van der Waals surface area contributed by atoms with Crippen molar-refractivity contribution in [2.45, 2.75) is 31.7 Å². The summed E-state index contributed by atoms with van der Waals surface area (Å²) in [6, 6.07) is 9.84. The topological polar surface area (TPSA) is 24.1 Å². The molecule has 2 aromatic rings. The van der Waals surface area contributed by atoms with Gasteiger partial charge in [-0.05, 0) is 72.3 Å². The maximum absolute atomic E-state index is 13.2. The van der Waals surface area contributed by atoms with Crippen molar-refractivity contribution in [2.24, 2.45) is 5.92 Å². The molecule has 2 atom stereocenters. The van der Waals surface area contributed by atoms with Gasteiger partial charge >= 0.3 is 6.18 Å². The molecule has 1 unspecified atom stereocenters. The van der Waals surface area contributed by atoms with Gasteiger partial charge < -0.3 is 10.6 Å². The van der Waals surface area contributed by atoms with Crippen molar-refractivity contribution in [1.29, 1.82) is 0 Å². The van der Waals surface area contributed by atoms with Crippen molar-refractivity contribution in [1.82, 2.24) is 10.6 Å². The fourth-order valence-corrected chi connectivity index (χ4v) is 3.79. The second kappa shape index (κ2) is 9.01. The summed E-state index contributed by atoms with van der Waals surface area (Å²) < 4.78 is 65.1. The average Bonchev–Trinajstić information content (AvgIpc) is 2.68. The zero-order valence-electron chi connectivity index (χ0n) is 15.3. The van der Waals surface area contributed by atoms with Gasteiger partial charge in [0, 0.05) is 13.1 Å². The predicted molar refractivity (Wildman–Crippen MR) is 98.1 cm³/mol. The highest BCUT2D eigenvalue weighted by molar-refractivity contribution is 5.31. The minimum atomic E-state index is -4.50. The molecule has 0 amide bonds. The van der Waals surface area contributed by atoms with Gasteiger partial charge in [-0.1, -0.05) is 18.2 Å². The van der Waals surface area contributed by atoms with Crippen LogP contribution in [0, 0.1) is 11.7 Å². The Labute approximate surface area is 161 Å². The lowest BCUT2D eigenvalue weighted by atomic mass is 9.81. The van der Waals surface area contributed by atoms with Crippen LogP contribution in [0.1, 0.15) is 34.6 Å². The molecule has 1 aliphatic heterocycles. The van der Waals surface area contributed by atoms with E-state index < -0.39 is 18.4 Å². The fraction of sp³-hybridized carbons (Fsp3) is 0.429. The lowest BCUT2D eigenvalue weighted by molar-refractivity contribution is -0.137. The smallest absolute Gasteiger partial charge is 0.316 e. The monoisotopic (exact) mass is 398 g/mol. The maximum Gasteiger partial charge on any atom is 0.416 e. The normalized spacial score (nSPS) is 20.3. The van der Waals surface area contributed by atoms with Crippen LogP contribution in [-0.2, 0) is 19.4 Å². The van der Waals surface area contributed by atoms with E-state index in [1.54, 1.807) is 12.1 Å². The molecule has 2 nitrogen and oxygen atoms in total. The van der Waals surface area contributed by atoms with Gasteiger partial charge in [-0.15, -0.1) is 0 Å². The van der Waals surface area contributed by atoms with Crippen LogP contribution < -0.4 is 10.6 Å². The molecule has 1 fully saturated rings. The van der Waals surface area contributed by atoms with Gasteiger partial charge in [0.15, 0.2) is 0 Å². The first kappa shape index (κ1) is 20.7. The van der Waals surface area contributed by atoms with Crippen molar-refractivity contribution in [3.05, 3.63) is 70.5 Å². The maximum atomic E-state index is 13.2. The van der Waals surface area contributed by atoms with Crippen LogP contribution in [0.5, 0.6) is 0 Å². The SMILES string of the molecule is FCc1cc(CNCC2CNCC[C@H]2c2ccc(F)cc2)cc(C(F)(F)F)c1. The Hall–Kier alpha value is -1.99. The molecule has 7 heteroatoms. The third-order valence-electron chi connectivity index (χ3n) is 5.18. The van der Waals surface area contributed by atoms with Gasteiger partial charge in [0.05, 0.1) is 5.56 Å². The summed E-state index contributed by atoms with van der Waals surface area (Å²) in [6.07, 6.45) is -3.59. The van der Waals surface area contributed by atoms with Gasteiger partial charge in [-0.25, -0.2) is 8.78 Å². The van der Waals surface area contributed by atoms with E-state index in [1.165, 1.54) is 18.2 Å². The first-order valence-corrected chi connectivity index (χ1v) is 9.29. The van der Waals surface area contributed by atoms with Crippen LogP contribution in [0.2, 0.25) is 0 Å². The molecular formula is C21H23F5N2. The standard InChI is InChI=1S/C21H23F5N2/c22-10-14-7-15(9-18(8-14)21(24,25)26)11-28-13-17-12-27-6-5-20(17)16-1-3-19(23)4-2-16/h1-4,7-9,17,20,27-28H,5-6,10-13H2/t17?,20-/m0/s1. The van der Waals surface area contributed by atoms with Gasteiger partial charge in [0.1, 0.15) is 12.5 Å². The summed E-state index contributed by atoms with van der Waals surface area (Å²) in [7, 11) is 0. The number of rotatable bonds is 6. The predicted octanol–water partition coefficient (Wildman–Crippen LogP) is 4.80. The van der Waals surface area contributed by atoms with Gasteiger partial charge in [-0.2, -0.15) is 13.2 Å². The lowest BCUT2D eigenvalue weighted by Gasteiger charge is -2.33. The van der Waals surface area contributed by atoms with E-state index in [0.717, 1.165) is 37.2 Å². The molecule has 0 bridgehead atoms. The summed E-state index contributed by atoms with van der Waals surface area (Å²) in [5, 5.41) is 6.54. The lowest BCUT2D eigenvalue weighted by Crippen LogP contribution is -2.40. The molecule has 28 heavy (non-hydrogen) atoms. The Morgan fingerprint density at radius 1 is 1.04 bits per heavy atom. The molecule has 0 aromatic heterocycles. The Morgan fingerprint density at radius 2 is 1.75 bits per heavy atom. The summed E-state index contributed by atoms with van der Waals surface area (Å²) in [4.78, 5) is 0. The van der Waals surface area contributed by atoms with E-state index in [4.69, 9.17) is 0 Å². The number of halogens is 5. The Balaban J connectivity index is 1.65. The molecule has 0 saturated carbocycles. The summed E-state index contributed by atoms with van der Waals surface area (Å²) >= 11 is 0. The summed E-state index contributed by atoms with van der Waals surface area (Å²) in [5.74, 6) is 0.198. The highest BCUT2D eigenvalue weighted by Gasteiger charge is 2.31. The quantitative estimate of drug-likeness (QED) is 0.684. The molecule has 0 radical (unpaired) electrons. The van der Waals surface area contributed by atoms with E-state index in [-0.39, 0.29) is 29.8 Å². The van der Waals surface area contributed by atoms with Gasteiger partial charge in [0.25, 0.3) is 0 Å². The Bertz CT molecular complexity index is 773. The number of alkyl halides is 4. The van der Waals surface area contributed by atoms with E-state index >= 15 is 0 Å². The molecule has 0 spiro atoms. The first-order valence-electron chi connectivity index (χ1n) is 9.29. The Kier molecular flexibility index (Phi) is 6.67. The molecule has 152 valence electrons. The first-order chi connectivity index (χ1) is 13.4. The summed E-state index contributed by atoms with van der Waals surface area (Å²) in [6.45, 7) is 1.52. The van der Waals surface area contributed by atoms with Crippen molar-refractivity contribution in [3.63, 3.8) is 0 Å². The molecule has 1 heterocycles. The van der Waals surface area contributed by atoms with E-state index in [0.29, 0.717) is 12.1 Å². The van der Waals surface area contributed by atoms with Crippen LogP contribution >= 0.6 is 0 Å². The molecule has 0 aliphatic carbocycles. The average molecular weight is 398 g/mol. The van der Waals surface area contributed by atoms with Crippen LogP contribution in [0.3, 0.4) is 0 Å². The molecule has 2 N–H and O–H groups in total. The number of benzene rings is 2. The second-order valence-corrected chi connectivity index (χ2v) is 7.21. The van der Waals surface area contributed by atoms with Crippen molar-refractivity contribution in [2.75, 3.05) is 19.6 Å². The minimum Gasteiger partial charge on any atom is -0.316 e. The minimum absolute atomic E-state index is 0.0233. The van der Waals surface area contributed by atoms with Crippen LogP contribution in [-0.4, -0.2) is 19.6 Å². The molecular weight excluding hydrogens is 375 g/mol. The van der Waals surface area contributed by atoms with Crippen molar-refractivity contribution < 1.29 is 22.0 Å². The molecule has 3 rings (SSSR count). The van der Waals surface area contributed by atoms with Crippen LogP contribution in [0.4, 0.5) is 22.0 Å². The third kappa shape index (κ3) is 5.29. The zero-order chi connectivity index (χ0) is 20.1. The fourth-order valence-electron chi connectivity index (χ4n) is 3.79. The van der Waals surface area contributed by atoms with E-state index in [1.807, 2.05) is 0 Å². The number of hydrogen-bond acceptors (Lipinski definition) is 2. The van der Waals surface area contributed by atoms with Crippen LogP contribution in [0.15, 0.2) is 42.5 Å². The largest absolute Gasteiger partial charge is 0.416 e. The van der Waals surface area contributed by atoms with Crippen molar-refractivity contribution >= 4 is 0 Å².